The van der Waals surface area contributed by atoms with Crippen molar-refractivity contribution >= 4 is 17.7 Å². The molecule has 0 radical (unpaired) electrons. The highest BCUT2D eigenvalue weighted by atomic mass is 16.4. The molecule has 0 aromatic heterocycles. The molecule has 80 valence electrons. The second kappa shape index (κ2) is 6.09. The van der Waals surface area contributed by atoms with E-state index in [4.69, 9.17) is 5.11 Å². The molecule has 6 heteroatoms. The third-order valence-electron chi connectivity index (χ3n) is 1.56. The van der Waals surface area contributed by atoms with Crippen LogP contribution in [-0.2, 0) is 14.4 Å². The van der Waals surface area contributed by atoms with Gasteiger partial charge in [-0.2, -0.15) is 0 Å². The van der Waals surface area contributed by atoms with Crippen molar-refractivity contribution < 1.29 is 19.5 Å². The highest BCUT2D eigenvalue weighted by Gasteiger charge is 2.19. The topological polar surface area (TPSA) is 95.5 Å². The molecule has 0 aliphatic rings. The van der Waals surface area contributed by atoms with Gasteiger partial charge in [0.05, 0.1) is 19.0 Å². The average Bonchev–Trinajstić information content (AvgIpc) is 2.09. The summed E-state index contributed by atoms with van der Waals surface area (Å²) in [6.45, 7) is 1.27. The predicted octanol–water partition coefficient (Wildman–Crippen LogP) is -1.25. The molecule has 0 bridgehead atoms. The van der Waals surface area contributed by atoms with E-state index in [1.807, 2.05) is 0 Å². The summed E-state index contributed by atoms with van der Waals surface area (Å²) < 4.78 is 0. The first kappa shape index (κ1) is 12.6. The van der Waals surface area contributed by atoms with Crippen LogP contribution in [0.3, 0.4) is 0 Å². The zero-order valence-electron chi connectivity index (χ0n) is 8.16. The second-order valence-corrected chi connectivity index (χ2v) is 2.86. The summed E-state index contributed by atoms with van der Waals surface area (Å²) in [7, 11) is 1.49. The van der Waals surface area contributed by atoms with Crippen molar-refractivity contribution in [1.82, 2.24) is 10.6 Å². The summed E-state index contributed by atoms with van der Waals surface area (Å²) in [6.07, 6.45) is -0.305. The number of carbonyl (C=O) groups excluding carboxylic acids is 2. The van der Waals surface area contributed by atoms with Gasteiger partial charge in [-0.1, -0.05) is 0 Å². The monoisotopic (exact) mass is 202 g/mol. The lowest BCUT2D eigenvalue weighted by molar-refractivity contribution is -0.139. The van der Waals surface area contributed by atoms with Crippen LogP contribution >= 0.6 is 0 Å². The fourth-order valence-electron chi connectivity index (χ4n) is 0.835. The van der Waals surface area contributed by atoms with E-state index in [9.17, 15) is 14.4 Å². The van der Waals surface area contributed by atoms with Crippen molar-refractivity contribution in [3.8, 4) is 0 Å². The molecule has 0 rings (SSSR count). The Hall–Kier alpha value is -1.43. The van der Waals surface area contributed by atoms with E-state index in [0.29, 0.717) is 0 Å². The minimum Gasteiger partial charge on any atom is -0.481 e. The summed E-state index contributed by atoms with van der Waals surface area (Å²) in [4.78, 5) is 32.1. The maximum Gasteiger partial charge on any atom is 0.305 e. The molecular formula is C8H14N2O4. The number of hydrogen-bond acceptors (Lipinski definition) is 4. The van der Waals surface area contributed by atoms with Crippen LogP contribution in [0.2, 0.25) is 0 Å². The van der Waals surface area contributed by atoms with Crippen molar-refractivity contribution in [2.45, 2.75) is 19.4 Å². The molecule has 0 unspecified atom stereocenters. The standard InChI is InChI=1S/C8H14N2O4/c1-5(11)4-10-8(14)6(9-2)3-7(12)13/h6,9H,3-4H2,1-2H3,(H,10,14)(H,12,13)/t6-/m0/s1. The van der Waals surface area contributed by atoms with Crippen LogP contribution < -0.4 is 10.6 Å². The van der Waals surface area contributed by atoms with Crippen molar-refractivity contribution in [2.24, 2.45) is 0 Å². The molecule has 6 nitrogen and oxygen atoms in total. The number of amides is 1. The first-order valence-electron chi connectivity index (χ1n) is 4.13. The number of carboxylic acid groups (broad SMARTS) is 1. The molecule has 0 aliphatic heterocycles. The third-order valence-corrected chi connectivity index (χ3v) is 1.56. The number of aliphatic carboxylic acids is 1. The number of nitrogens with one attached hydrogen (secondary N) is 2. The van der Waals surface area contributed by atoms with Crippen molar-refractivity contribution in [1.29, 1.82) is 0 Å². The molecule has 14 heavy (non-hydrogen) atoms. The highest BCUT2D eigenvalue weighted by Crippen LogP contribution is 1.91. The lowest BCUT2D eigenvalue weighted by Gasteiger charge is -2.12. The molecule has 0 aliphatic carbocycles. The molecule has 0 heterocycles. The highest BCUT2D eigenvalue weighted by molar-refractivity contribution is 5.89. The minimum atomic E-state index is -1.07. The van der Waals surface area contributed by atoms with Gasteiger partial charge in [0.15, 0.2) is 0 Å². The van der Waals surface area contributed by atoms with Crippen molar-refractivity contribution in [2.75, 3.05) is 13.6 Å². The Kier molecular flexibility index (Phi) is 5.47. The van der Waals surface area contributed by atoms with Gasteiger partial charge >= 0.3 is 5.97 Å². The van der Waals surface area contributed by atoms with Crippen LogP contribution in [0.1, 0.15) is 13.3 Å². The largest absolute Gasteiger partial charge is 0.481 e. The second-order valence-electron chi connectivity index (χ2n) is 2.86. The number of carboxylic acids is 1. The van der Waals surface area contributed by atoms with Gasteiger partial charge in [0, 0.05) is 0 Å². The molecule has 1 atom stereocenters. The molecule has 0 saturated heterocycles. The van der Waals surface area contributed by atoms with Crippen LogP contribution in [0, 0.1) is 0 Å². The van der Waals surface area contributed by atoms with E-state index in [0.717, 1.165) is 0 Å². The van der Waals surface area contributed by atoms with Crippen molar-refractivity contribution in [3.63, 3.8) is 0 Å². The Balaban J connectivity index is 4.04. The summed E-state index contributed by atoms with van der Waals surface area (Å²) >= 11 is 0. The normalized spacial score (nSPS) is 11.9. The van der Waals surface area contributed by atoms with E-state index >= 15 is 0 Å². The Morgan fingerprint density at radius 3 is 2.29 bits per heavy atom. The van der Waals surface area contributed by atoms with Gasteiger partial charge in [0.1, 0.15) is 5.78 Å². The number of carbonyl (C=O) groups is 3. The van der Waals surface area contributed by atoms with Gasteiger partial charge < -0.3 is 15.7 Å². The van der Waals surface area contributed by atoms with Crippen LogP contribution in [0.4, 0.5) is 0 Å². The molecule has 0 aromatic rings. The Morgan fingerprint density at radius 2 is 1.93 bits per heavy atom. The number of Topliss-reactive ketones (excluding diaryl/α,β-unsaturated/α-hetero) is 1. The first-order chi connectivity index (χ1) is 6.47. The Morgan fingerprint density at radius 1 is 1.36 bits per heavy atom. The zero-order chi connectivity index (χ0) is 11.1. The molecule has 0 saturated carbocycles. The van der Waals surface area contributed by atoms with Crippen molar-refractivity contribution in [3.05, 3.63) is 0 Å². The zero-order valence-corrected chi connectivity index (χ0v) is 8.16. The SMILES string of the molecule is CN[C@@H](CC(=O)O)C(=O)NCC(C)=O. The first-order valence-corrected chi connectivity index (χ1v) is 4.13. The molecule has 0 fully saturated rings. The van der Waals surface area contributed by atoms with Crippen LogP contribution in [0.15, 0.2) is 0 Å². The van der Waals surface area contributed by atoms with Gasteiger partial charge in [0.2, 0.25) is 5.91 Å². The summed E-state index contributed by atoms with van der Waals surface area (Å²) in [5.41, 5.74) is 0. The maximum atomic E-state index is 11.2. The number of ketones is 1. The predicted molar refractivity (Wildman–Crippen MR) is 48.8 cm³/mol. The van der Waals surface area contributed by atoms with Gasteiger partial charge in [0.25, 0.3) is 0 Å². The van der Waals surface area contributed by atoms with Crippen LogP contribution in [0.25, 0.3) is 0 Å². The fraction of sp³-hybridized carbons (Fsp3) is 0.625. The average molecular weight is 202 g/mol. The number of rotatable bonds is 6. The summed E-state index contributed by atoms with van der Waals surface area (Å²) in [6, 6.07) is -0.799. The van der Waals surface area contributed by atoms with E-state index < -0.39 is 17.9 Å². The summed E-state index contributed by atoms with van der Waals surface area (Å²) in [5.74, 6) is -1.73. The Labute approximate surface area is 81.7 Å². The number of hydrogen-bond donors (Lipinski definition) is 3. The van der Waals surface area contributed by atoms with E-state index in [1.165, 1.54) is 14.0 Å². The fourth-order valence-corrected chi connectivity index (χ4v) is 0.835. The van der Waals surface area contributed by atoms with Gasteiger partial charge in [-0.15, -0.1) is 0 Å². The third kappa shape index (κ3) is 5.26. The smallest absolute Gasteiger partial charge is 0.305 e. The molecular weight excluding hydrogens is 188 g/mol. The molecule has 3 N–H and O–H groups in total. The quantitative estimate of drug-likeness (QED) is 0.500. The molecule has 0 aromatic carbocycles. The molecule has 1 amide bonds. The van der Waals surface area contributed by atoms with E-state index in [2.05, 4.69) is 10.6 Å². The van der Waals surface area contributed by atoms with E-state index in [1.54, 1.807) is 0 Å². The maximum absolute atomic E-state index is 11.2. The Bertz CT molecular complexity index is 239. The minimum absolute atomic E-state index is 0.0728. The van der Waals surface area contributed by atoms with Gasteiger partial charge in [-0.25, -0.2) is 0 Å². The van der Waals surface area contributed by atoms with Crippen LogP contribution in [0.5, 0.6) is 0 Å². The van der Waals surface area contributed by atoms with Gasteiger partial charge in [-0.05, 0) is 14.0 Å². The van der Waals surface area contributed by atoms with Crippen LogP contribution in [-0.4, -0.2) is 42.4 Å². The molecule has 0 spiro atoms. The summed E-state index contributed by atoms with van der Waals surface area (Å²) in [5, 5.41) is 13.3. The lowest BCUT2D eigenvalue weighted by Crippen LogP contribution is -2.45. The van der Waals surface area contributed by atoms with Gasteiger partial charge in [-0.3, -0.25) is 14.4 Å². The van der Waals surface area contributed by atoms with E-state index in [-0.39, 0.29) is 18.7 Å². The number of likely N-dealkylation sites (N-methyl/N-ethyl adjacent to an activating group) is 1. The lowest BCUT2D eigenvalue weighted by atomic mass is 10.2.